The van der Waals surface area contributed by atoms with Crippen molar-refractivity contribution >= 4 is 15.9 Å². The fourth-order valence-electron chi connectivity index (χ4n) is 2.21. The van der Waals surface area contributed by atoms with E-state index in [4.69, 9.17) is 0 Å². The van der Waals surface area contributed by atoms with E-state index in [1.807, 2.05) is 0 Å². The Bertz CT molecular complexity index is 365. The van der Waals surface area contributed by atoms with Crippen LogP contribution in [0.4, 0.5) is 0 Å². The zero-order valence-electron chi connectivity index (χ0n) is 9.96. The van der Waals surface area contributed by atoms with E-state index >= 15 is 0 Å². The molecule has 0 aliphatic carbocycles. The van der Waals surface area contributed by atoms with Crippen LogP contribution in [0.3, 0.4) is 0 Å². The molecule has 1 atom stereocenters. The Kier molecular flexibility index (Phi) is 4.00. The lowest BCUT2D eigenvalue weighted by Gasteiger charge is -2.14. The van der Waals surface area contributed by atoms with Gasteiger partial charge in [0.25, 0.3) is 0 Å². The van der Waals surface area contributed by atoms with Gasteiger partial charge in [-0.2, -0.15) is 0 Å². The molecule has 0 spiro atoms. The number of rotatable bonds is 3. The predicted octanol–water partition coefficient (Wildman–Crippen LogP) is 2.55. The van der Waals surface area contributed by atoms with Gasteiger partial charge in [-0.3, -0.25) is 0 Å². The van der Waals surface area contributed by atoms with Gasteiger partial charge in [-0.25, -0.2) is 0 Å². The molecule has 1 unspecified atom stereocenters. The van der Waals surface area contributed by atoms with Gasteiger partial charge < -0.3 is 10.2 Å². The van der Waals surface area contributed by atoms with Crippen LogP contribution in [0.25, 0.3) is 0 Å². The summed E-state index contributed by atoms with van der Waals surface area (Å²) in [4.78, 5) is 2.38. The van der Waals surface area contributed by atoms with Crippen molar-refractivity contribution in [2.24, 2.45) is 0 Å². The summed E-state index contributed by atoms with van der Waals surface area (Å²) in [7, 11) is 2.19. The first-order valence-corrected chi connectivity index (χ1v) is 6.61. The topological polar surface area (TPSA) is 15.3 Å². The molecule has 1 N–H and O–H groups in total. The normalized spacial score (nSPS) is 21.6. The lowest BCUT2D eigenvalue weighted by molar-refractivity contribution is 0.397. The fraction of sp³-hybridized carbons (Fsp3) is 0.538. The molecular formula is C13H19BrN2. The van der Waals surface area contributed by atoms with E-state index in [-0.39, 0.29) is 0 Å². The first-order chi connectivity index (χ1) is 7.65. The second-order valence-corrected chi connectivity index (χ2v) is 5.62. The highest BCUT2D eigenvalue weighted by molar-refractivity contribution is 9.10. The summed E-state index contributed by atoms with van der Waals surface area (Å²) in [6, 6.07) is 7.15. The van der Waals surface area contributed by atoms with Crippen molar-refractivity contribution in [3.63, 3.8) is 0 Å². The molecule has 2 rings (SSSR count). The number of likely N-dealkylation sites (tertiary alicyclic amines) is 1. The monoisotopic (exact) mass is 282 g/mol. The number of nitrogens with zero attached hydrogens (tertiary/aromatic N) is 1. The van der Waals surface area contributed by atoms with E-state index in [9.17, 15) is 0 Å². The molecule has 0 aromatic heterocycles. The van der Waals surface area contributed by atoms with Gasteiger partial charge in [0.05, 0.1) is 0 Å². The minimum absolute atomic E-state index is 0.660. The number of benzene rings is 1. The Balaban J connectivity index is 1.89. The molecule has 0 bridgehead atoms. The highest BCUT2D eigenvalue weighted by Gasteiger charge is 2.18. The standard InChI is InChI=1S/C13H19BrN2/c1-10-7-12(14)4-3-11(10)8-15-13-5-6-16(2)9-13/h3-4,7,13,15H,5-6,8-9H2,1-2H3. The van der Waals surface area contributed by atoms with Crippen molar-refractivity contribution in [2.45, 2.75) is 25.9 Å². The minimum Gasteiger partial charge on any atom is -0.309 e. The van der Waals surface area contributed by atoms with Crippen LogP contribution in [0.2, 0.25) is 0 Å². The molecule has 1 fully saturated rings. The molecule has 0 saturated carbocycles. The van der Waals surface area contributed by atoms with Gasteiger partial charge in [-0.15, -0.1) is 0 Å². The van der Waals surface area contributed by atoms with Crippen LogP contribution >= 0.6 is 15.9 Å². The molecule has 1 aromatic rings. The van der Waals surface area contributed by atoms with Gasteiger partial charge in [0.2, 0.25) is 0 Å². The van der Waals surface area contributed by atoms with E-state index in [2.05, 4.69) is 58.3 Å². The lowest BCUT2D eigenvalue weighted by Crippen LogP contribution is -2.31. The van der Waals surface area contributed by atoms with Gasteiger partial charge in [-0.1, -0.05) is 22.0 Å². The van der Waals surface area contributed by atoms with Crippen LogP contribution in [0.15, 0.2) is 22.7 Å². The number of likely N-dealkylation sites (N-methyl/N-ethyl adjacent to an activating group) is 1. The summed E-state index contributed by atoms with van der Waals surface area (Å²) in [5, 5.41) is 3.63. The van der Waals surface area contributed by atoms with Gasteiger partial charge in [0, 0.05) is 23.6 Å². The van der Waals surface area contributed by atoms with E-state index in [1.54, 1.807) is 0 Å². The van der Waals surface area contributed by atoms with E-state index < -0.39 is 0 Å². The third-order valence-electron chi connectivity index (χ3n) is 3.28. The SMILES string of the molecule is Cc1cc(Br)ccc1CNC1CCN(C)C1. The number of aryl methyl sites for hydroxylation is 1. The smallest absolute Gasteiger partial charge is 0.0211 e. The van der Waals surface area contributed by atoms with Crippen LogP contribution in [0.5, 0.6) is 0 Å². The summed E-state index contributed by atoms with van der Waals surface area (Å²) in [5.74, 6) is 0. The largest absolute Gasteiger partial charge is 0.309 e. The zero-order chi connectivity index (χ0) is 11.5. The van der Waals surface area contributed by atoms with Crippen molar-refractivity contribution < 1.29 is 0 Å². The molecule has 16 heavy (non-hydrogen) atoms. The molecular weight excluding hydrogens is 264 g/mol. The van der Waals surface area contributed by atoms with E-state index in [0.29, 0.717) is 6.04 Å². The lowest BCUT2D eigenvalue weighted by atomic mass is 10.1. The molecule has 88 valence electrons. The first kappa shape index (κ1) is 12.1. The maximum absolute atomic E-state index is 3.63. The van der Waals surface area contributed by atoms with Crippen molar-refractivity contribution in [1.29, 1.82) is 0 Å². The summed E-state index contributed by atoms with van der Waals surface area (Å²) in [5.41, 5.74) is 2.76. The molecule has 1 heterocycles. The molecule has 1 aliphatic heterocycles. The molecule has 1 saturated heterocycles. The van der Waals surface area contributed by atoms with Crippen LogP contribution in [0, 0.1) is 6.92 Å². The predicted molar refractivity (Wildman–Crippen MR) is 71.6 cm³/mol. The summed E-state index contributed by atoms with van der Waals surface area (Å²) >= 11 is 3.49. The van der Waals surface area contributed by atoms with Crippen molar-refractivity contribution in [2.75, 3.05) is 20.1 Å². The Morgan fingerprint density at radius 2 is 2.31 bits per heavy atom. The molecule has 2 nitrogen and oxygen atoms in total. The van der Waals surface area contributed by atoms with Gasteiger partial charge in [-0.05, 0) is 50.2 Å². The molecule has 1 aliphatic rings. The van der Waals surface area contributed by atoms with Crippen LogP contribution in [-0.2, 0) is 6.54 Å². The Morgan fingerprint density at radius 1 is 1.50 bits per heavy atom. The van der Waals surface area contributed by atoms with Crippen molar-refractivity contribution in [3.8, 4) is 0 Å². The highest BCUT2D eigenvalue weighted by atomic mass is 79.9. The quantitative estimate of drug-likeness (QED) is 0.917. The highest BCUT2D eigenvalue weighted by Crippen LogP contribution is 2.16. The van der Waals surface area contributed by atoms with Crippen LogP contribution < -0.4 is 5.32 Å². The second kappa shape index (κ2) is 5.30. The molecule has 0 amide bonds. The summed E-state index contributed by atoms with van der Waals surface area (Å²) in [6.45, 7) is 5.55. The van der Waals surface area contributed by atoms with Crippen molar-refractivity contribution in [1.82, 2.24) is 10.2 Å². The van der Waals surface area contributed by atoms with Crippen molar-refractivity contribution in [3.05, 3.63) is 33.8 Å². The molecule has 3 heteroatoms. The number of nitrogens with one attached hydrogen (secondary N) is 1. The fourth-order valence-corrected chi connectivity index (χ4v) is 2.69. The average molecular weight is 283 g/mol. The molecule has 1 aromatic carbocycles. The third kappa shape index (κ3) is 3.06. The number of hydrogen-bond donors (Lipinski definition) is 1. The summed E-state index contributed by atoms with van der Waals surface area (Å²) < 4.78 is 1.16. The first-order valence-electron chi connectivity index (χ1n) is 5.82. The van der Waals surface area contributed by atoms with Crippen LogP contribution in [0.1, 0.15) is 17.5 Å². The van der Waals surface area contributed by atoms with Crippen LogP contribution in [-0.4, -0.2) is 31.1 Å². The Morgan fingerprint density at radius 3 is 2.94 bits per heavy atom. The van der Waals surface area contributed by atoms with E-state index in [0.717, 1.165) is 11.0 Å². The van der Waals surface area contributed by atoms with E-state index in [1.165, 1.54) is 30.6 Å². The van der Waals surface area contributed by atoms with Gasteiger partial charge in [0.1, 0.15) is 0 Å². The Labute approximate surface area is 106 Å². The van der Waals surface area contributed by atoms with Gasteiger partial charge >= 0.3 is 0 Å². The minimum atomic E-state index is 0.660. The number of hydrogen-bond acceptors (Lipinski definition) is 2. The second-order valence-electron chi connectivity index (χ2n) is 4.70. The summed E-state index contributed by atoms with van der Waals surface area (Å²) in [6.07, 6.45) is 1.27. The number of halogens is 1. The zero-order valence-corrected chi connectivity index (χ0v) is 11.5. The third-order valence-corrected chi connectivity index (χ3v) is 3.77. The molecule has 0 radical (unpaired) electrons. The average Bonchev–Trinajstić information content (AvgIpc) is 2.63. The Hall–Kier alpha value is -0.380. The van der Waals surface area contributed by atoms with Gasteiger partial charge in [0.15, 0.2) is 0 Å². The maximum Gasteiger partial charge on any atom is 0.0211 e. The maximum atomic E-state index is 3.63.